The van der Waals surface area contributed by atoms with Gasteiger partial charge in [0, 0.05) is 17.2 Å². The molecule has 0 amide bonds. The average molecular weight is 407 g/mol. The minimum atomic E-state index is -0.641. The van der Waals surface area contributed by atoms with Crippen LogP contribution < -0.4 is 0 Å². The molecule has 3 atom stereocenters. The van der Waals surface area contributed by atoms with Crippen LogP contribution in [0.5, 0.6) is 0 Å². The first-order chi connectivity index (χ1) is 12.2. The summed E-state index contributed by atoms with van der Waals surface area (Å²) in [4.78, 5) is 11.7. The monoisotopic (exact) mass is 406 g/mol. The van der Waals surface area contributed by atoms with E-state index in [4.69, 9.17) is 23.2 Å². The van der Waals surface area contributed by atoms with Gasteiger partial charge in [-0.05, 0) is 52.0 Å². The summed E-state index contributed by atoms with van der Waals surface area (Å²) in [5, 5.41) is 9.74. The number of alkyl halides is 2. The molecule has 4 heteroatoms. The molecular weight excluding hydrogens is 367 g/mol. The fourth-order valence-corrected chi connectivity index (χ4v) is 2.77. The second-order valence-corrected chi connectivity index (χ2v) is 7.26. The van der Waals surface area contributed by atoms with Gasteiger partial charge in [-0.1, -0.05) is 44.9 Å². The van der Waals surface area contributed by atoms with Gasteiger partial charge in [-0.3, -0.25) is 4.79 Å². The largest absolute Gasteiger partial charge is 0.389 e. The zero-order chi connectivity index (χ0) is 21.1. The Hall–Kier alpha value is -0.570. The summed E-state index contributed by atoms with van der Waals surface area (Å²) >= 11 is 12.2. The molecule has 0 rings (SSSR count). The molecule has 0 heterocycles. The van der Waals surface area contributed by atoms with Crippen molar-refractivity contribution in [2.24, 2.45) is 0 Å². The Bertz CT molecular complexity index is 403. The van der Waals surface area contributed by atoms with Crippen LogP contribution in [0.1, 0.15) is 80.1 Å². The van der Waals surface area contributed by atoms with Crippen LogP contribution in [0.3, 0.4) is 0 Å². The first kappa shape index (κ1) is 30.2. The van der Waals surface area contributed by atoms with Crippen molar-refractivity contribution in [3.8, 4) is 0 Å². The summed E-state index contributed by atoms with van der Waals surface area (Å²) in [5.41, 5.74) is 2.05. The van der Waals surface area contributed by atoms with Gasteiger partial charge in [0.05, 0.1) is 6.10 Å². The lowest BCUT2D eigenvalue weighted by Gasteiger charge is -2.11. The van der Waals surface area contributed by atoms with E-state index < -0.39 is 6.10 Å². The minimum absolute atomic E-state index is 0.0178. The van der Waals surface area contributed by atoms with Crippen molar-refractivity contribution < 1.29 is 9.90 Å². The molecule has 154 valence electrons. The van der Waals surface area contributed by atoms with Crippen LogP contribution in [-0.2, 0) is 4.79 Å². The summed E-state index contributed by atoms with van der Waals surface area (Å²) < 4.78 is 0. The van der Waals surface area contributed by atoms with Gasteiger partial charge in [0.2, 0.25) is 0 Å². The van der Waals surface area contributed by atoms with E-state index in [-0.39, 0.29) is 16.5 Å². The Balaban J connectivity index is -0.00000123. The number of hydrogen-bond acceptors (Lipinski definition) is 2. The number of aliphatic hydroxyl groups excluding tert-OH is 1. The molecule has 0 saturated carbocycles. The minimum Gasteiger partial charge on any atom is -0.389 e. The van der Waals surface area contributed by atoms with Crippen LogP contribution in [0.2, 0.25) is 0 Å². The lowest BCUT2D eigenvalue weighted by molar-refractivity contribution is -0.114. The van der Waals surface area contributed by atoms with E-state index in [1.807, 2.05) is 41.5 Å². The fourth-order valence-electron chi connectivity index (χ4n) is 2.01. The zero-order valence-corrected chi connectivity index (χ0v) is 19.2. The van der Waals surface area contributed by atoms with Crippen LogP contribution in [0.4, 0.5) is 0 Å². The second kappa shape index (κ2) is 20.7. The van der Waals surface area contributed by atoms with E-state index in [2.05, 4.69) is 13.2 Å². The maximum atomic E-state index is 11.7. The molecule has 0 aromatic rings. The zero-order valence-electron chi connectivity index (χ0n) is 17.7. The highest BCUT2D eigenvalue weighted by molar-refractivity contribution is 6.21. The van der Waals surface area contributed by atoms with Gasteiger partial charge in [-0.2, -0.15) is 0 Å². The molecule has 0 spiro atoms. The van der Waals surface area contributed by atoms with Crippen molar-refractivity contribution in [1.29, 1.82) is 0 Å². The summed E-state index contributed by atoms with van der Waals surface area (Å²) in [6, 6.07) is 0. The normalized spacial score (nSPS) is 13.6. The molecule has 0 aromatic carbocycles. The highest BCUT2D eigenvalue weighted by Gasteiger charge is 2.09. The summed E-state index contributed by atoms with van der Waals surface area (Å²) in [7, 11) is 0. The van der Waals surface area contributed by atoms with Gasteiger partial charge in [-0.25, -0.2) is 0 Å². The topological polar surface area (TPSA) is 37.3 Å². The Morgan fingerprint density at radius 3 is 1.77 bits per heavy atom. The first-order valence-corrected chi connectivity index (χ1v) is 10.5. The van der Waals surface area contributed by atoms with Crippen molar-refractivity contribution >= 4 is 29.0 Å². The third kappa shape index (κ3) is 23.4. The standard InChI is InChI=1S/C18H28Cl2O2.2C2H6/c1-13(2)11-15(19)5-7-17(21)9-10-18(22)8-6-16(20)12-14(3)4;2*1-2/h9-10,15-17,21H,1,3,5-8,11-12H2,2,4H3;2*1-2H3/b10-9+;;. The third-order valence-electron chi connectivity index (χ3n) is 3.12. The van der Waals surface area contributed by atoms with Gasteiger partial charge >= 0.3 is 0 Å². The number of carbonyl (C=O) groups is 1. The molecule has 0 aliphatic rings. The number of allylic oxidation sites excluding steroid dienone is 3. The molecule has 0 radical (unpaired) electrons. The number of aliphatic hydroxyl groups is 1. The summed E-state index contributed by atoms with van der Waals surface area (Å²) in [5.74, 6) is -0.0178. The quantitative estimate of drug-likeness (QED) is 0.210. The maximum Gasteiger partial charge on any atom is 0.155 e. The van der Waals surface area contributed by atoms with Crippen molar-refractivity contribution in [3.63, 3.8) is 0 Å². The van der Waals surface area contributed by atoms with Crippen LogP contribution in [0, 0.1) is 0 Å². The fraction of sp³-hybridized carbons (Fsp3) is 0.682. The molecule has 0 aliphatic carbocycles. The number of hydrogen-bond donors (Lipinski definition) is 1. The van der Waals surface area contributed by atoms with Crippen molar-refractivity contribution in [2.45, 2.75) is 96.9 Å². The molecule has 26 heavy (non-hydrogen) atoms. The molecule has 0 aliphatic heterocycles. The molecule has 0 bridgehead atoms. The maximum absolute atomic E-state index is 11.7. The molecule has 3 unspecified atom stereocenters. The van der Waals surface area contributed by atoms with Crippen LogP contribution in [-0.4, -0.2) is 27.7 Å². The first-order valence-electron chi connectivity index (χ1n) is 9.66. The molecule has 0 aromatic heterocycles. The van der Waals surface area contributed by atoms with E-state index in [1.165, 1.54) is 12.2 Å². The lowest BCUT2D eigenvalue weighted by atomic mass is 10.0. The Kier molecular flexibility index (Phi) is 24.1. The number of halogens is 2. The Labute approximate surface area is 172 Å². The highest BCUT2D eigenvalue weighted by Crippen LogP contribution is 2.17. The Morgan fingerprint density at radius 1 is 0.923 bits per heavy atom. The number of ketones is 1. The molecule has 2 nitrogen and oxygen atoms in total. The van der Waals surface area contributed by atoms with E-state index in [9.17, 15) is 9.90 Å². The van der Waals surface area contributed by atoms with Crippen molar-refractivity contribution in [3.05, 3.63) is 36.5 Å². The van der Waals surface area contributed by atoms with Crippen LogP contribution in [0.15, 0.2) is 36.5 Å². The molecular formula is C22H40Cl2O2. The van der Waals surface area contributed by atoms with Gasteiger partial charge < -0.3 is 5.11 Å². The van der Waals surface area contributed by atoms with Crippen molar-refractivity contribution in [1.82, 2.24) is 0 Å². The van der Waals surface area contributed by atoms with Crippen molar-refractivity contribution in [2.75, 3.05) is 0 Å². The SMILES string of the molecule is C=C(C)CC(Cl)CCC(=O)/C=C/C(O)CCC(Cl)CC(=C)C.CC.CC. The Morgan fingerprint density at radius 2 is 1.35 bits per heavy atom. The summed E-state index contributed by atoms with van der Waals surface area (Å²) in [6.45, 7) is 19.5. The van der Waals surface area contributed by atoms with Gasteiger partial charge in [-0.15, -0.1) is 36.4 Å². The predicted molar refractivity (Wildman–Crippen MR) is 119 cm³/mol. The van der Waals surface area contributed by atoms with Crippen LogP contribution in [0.25, 0.3) is 0 Å². The van der Waals surface area contributed by atoms with E-state index >= 15 is 0 Å². The summed E-state index contributed by atoms with van der Waals surface area (Å²) in [6.07, 6.45) is 6.05. The van der Waals surface area contributed by atoms with Gasteiger partial charge in [0.1, 0.15) is 0 Å². The van der Waals surface area contributed by atoms with E-state index in [0.717, 1.165) is 24.0 Å². The van der Waals surface area contributed by atoms with E-state index in [0.29, 0.717) is 25.7 Å². The lowest BCUT2D eigenvalue weighted by Crippen LogP contribution is -2.09. The van der Waals surface area contributed by atoms with Gasteiger partial charge in [0.15, 0.2) is 5.78 Å². The average Bonchev–Trinajstić information content (AvgIpc) is 2.58. The smallest absolute Gasteiger partial charge is 0.155 e. The number of carbonyl (C=O) groups excluding carboxylic acids is 1. The number of rotatable bonds is 12. The highest BCUT2D eigenvalue weighted by atomic mass is 35.5. The molecule has 0 saturated heterocycles. The predicted octanol–water partition coefficient (Wildman–Crippen LogP) is 7.23. The van der Waals surface area contributed by atoms with Gasteiger partial charge in [0.25, 0.3) is 0 Å². The molecule has 1 N–H and O–H groups in total. The van der Waals surface area contributed by atoms with Crippen LogP contribution >= 0.6 is 23.2 Å². The molecule has 0 fully saturated rings. The van der Waals surface area contributed by atoms with E-state index in [1.54, 1.807) is 0 Å². The second-order valence-electron chi connectivity index (χ2n) is 6.03. The third-order valence-corrected chi connectivity index (χ3v) is 3.87.